The summed E-state index contributed by atoms with van der Waals surface area (Å²) in [6.07, 6.45) is 0.515. The third kappa shape index (κ3) is 1.79. The molecule has 1 heterocycles. The largest absolute Gasteiger partial charge is 0.378 e. The molecule has 0 spiro atoms. The summed E-state index contributed by atoms with van der Waals surface area (Å²) in [7, 11) is 3.42. The second-order valence-corrected chi connectivity index (χ2v) is 3.37. The molecule has 72 valence electrons. The van der Waals surface area contributed by atoms with Gasteiger partial charge in [-0.3, -0.25) is 0 Å². The number of rotatable bonds is 2. The van der Waals surface area contributed by atoms with Crippen molar-refractivity contribution in [1.29, 1.82) is 0 Å². The quantitative estimate of drug-likeness (QED) is 0.626. The first-order chi connectivity index (χ1) is 5.70. The van der Waals surface area contributed by atoms with Crippen LogP contribution in [0.4, 0.5) is 0 Å². The summed E-state index contributed by atoms with van der Waals surface area (Å²) < 4.78 is 16.2. The Morgan fingerprint density at radius 3 is 2.33 bits per heavy atom. The van der Waals surface area contributed by atoms with Gasteiger partial charge in [0.15, 0.2) is 0 Å². The van der Waals surface area contributed by atoms with Crippen LogP contribution in [-0.4, -0.2) is 39.1 Å². The van der Waals surface area contributed by atoms with Crippen molar-refractivity contribution in [2.45, 2.75) is 32.2 Å². The maximum absolute atomic E-state index is 5.52. The Hall–Kier alpha value is -0.120. The molecular weight excluding hydrogens is 156 g/mol. The molecule has 3 heteroatoms. The van der Waals surface area contributed by atoms with E-state index in [2.05, 4.69) is 13.8 Å². The number of methoxy groups -OCH3 is 2. The van der Waals surface area contributed by atoms with Gasteiger partial charge < -0.3 is 14.2 Å². The SMILES string of the molecule is COC1COC(C)[C@H](C)C1OC. The zero-order valence-corrected chi connectivity index (χ0v) is 8.24. The minimum Gasteiger partial charge on any atom is -0.378 e. The van der Waals surface area contributed by atoms with Crippen molar-refractivity contribution in [1.82, 2.24) is 0 Å². The number of hydrogen-bond acceptors (Lipinski definition) is 3. The molecule has 1 fully saturated rings. The second kappa shape index (κ2) is 4.21. The lowest BCUT2D eigenvalue weighted by Gasteiger charge is -2.38. The van der Waals surface area contributed by atoms with Crippen LogP contribution in [0.2, 0.25) is 0 Å². The van der Waals surface area contributed by atoms with Gasteiger partial charge in [0.2, 0.25) is 0 Å². The third-order valence-corrected chi connectivity index (χ3v) is 2.72. The summed E-state index contributed by atoms with van der Waals surface area (Å²) in [5.74, 6) is 0.397. The molecule has 3 unspecified atom stereocenters. The molecule has 0 radical (unpaired) electrons. The molecule has 1 aliphatic rings. The van der Waals surface area contributed by atoms with Crippen LogP contribution in [0.1, 0.15) is 13.8 Å². The first-order valence-corrected chi connectivity index (χ1v) is 4.38. The normalized spacial score (nSPS) is 43.0. The van der Waals surface area contributed by atoms with Crippen molar-refractivity contribution in [3.63, 3.8) is 0 Å². The highest BCUT2D eigenvalue weighted by atomic mass is 16.6. The molecule has 1 rings (SSSR count). The molecule has 0 amide bonds. The molecule has 1 saturated heterocycles. The molecule has 3 nitrogen and oxygen atoms in total. The summed E-state index contributed by atoms with van der Waals surface area (Å²) >= 11 is 0. The van der Waals surface area contributed by atoms with Gasteiger partial charge in [-0.15, -0.1) is 0 Å². The summed E-state index contributed by atoms with van der Waals surface area (Å²) in [5, 5.41) is 0. The summed E-state index contributed by atoms with van der Waals surface area (Å²) in [6.45, 7) is 4.84. The number of ether oxygens (including phenoxy) is 3. The van der Waals surface area contributed by atoms with Crippen molar-refractivity contribution >= 4 is 0 Å². The van der Waals surface area contributed by atoms with Gasteiger partial charge in [-0.05, 0) is 6.92 Å². The summed E-state index contributed by atoms with van der Waals surface area (Å²) in [5.41, 5.74) is 0. The zero-order chi connectivity index (χ0) is 9.14. The molecule has 0 saturated carbocycles. The molecule has 12 heavy (non-hydrogen) atoms. The van der Waals surface area contributed by atoms with Crippen LogP contribution >= 0.6 is 0 Å². The molecular formula is C9H18O3. The van der Waals surface area contributed by atoms with Crippen LogP contribution < -0.4 is 0 Å². The fourth-order valence-electron chi connectivity index (χ4n) is 1.67. The molecule has 1 aliphatic heterocycles. The molecule has 4 atom stereocenters. The van der Waals surface area contributed by atoms with E-state index in [9.17, 15) is 0 Å². The first kappa shape index (κ1) is 9.96. The van der Waals surface area contributed by atoms with Crippen molar-refractivity contribution in [2.24, 2.45) is 5.92 Å². The topological polar surface area (TPSA) is 27.7 Å². The molecule has 0 aliphatic carbocycles. The molecule has 0 aromatic heterocycles. The highest BCUT2D eigenvalue weighted by Gasteiger charge is 2.35. The maximum Gasteiger partial charge on any atom is 0.107 e. The lowest BCUT2D eigenvalue weighted by Crippen LogP contribution is -2.48. The van der Waals surface area contributed by atoms with E-state index in [1.165, 1.54) is 0 Å². The van der Waals surface area contributed by atoms with Crippen LogP contribution in [0.3, 0.4) is 0 Å². The fourth-order valence-corrected chi connectivity index (χ4v) is 1.67. The van der Waals surface area contributed by atoms with Crippen molar-refractivity contribution in [3.8, 4) is 0 Å². The standard InChI is InChI=1S/C9H18O3/c1-6-7(2)12-5-8(10-3)9(6)11-4/h6-9H,5H2,1-4H3/t6-,7?,8?,9?/m0/s1. The van der Waals surface area contributed by atoms with Crippen molar-refractivity contribution < 1.29 is 14.2 Å². The monoisotopic (exact) mass is 174 g/mol. The van der Waals surface area contributed by atoms with Gasteiger partial charge in [0.25, 0.3) is 0 Å². The van der Waals surface area contributed by atoms with Crippen LogP contribution in [-0.2, 0) is 14.2 Å². The Labute approximate surface area is 74.0 Å². The van der Waals surface area contributed by atoms with E-state index in [0.29, 0.717) is 12.5 Å². The lowest BCUT2D eigenvalue weighted by molar-refractivity contribution is -0.169. The lowest BCUT2D eigenvalue weighted by atomic mass is 9.92. The van der Waals surface area contributed by atoms with E-state index in [0.717, 1.165) is 0 Å². The maximum atomic E-state index is 5.52. The van der Waals surface area contributed by atoms with E-state index in [1.807, 2.05) is 0 Å². The van der Waals surface area contributed by atoms with E-state index < -0.39 is 0 Å². The van der Waals surface area contributed by atoms with Crippen LogP contribution in [0.15, 0.2) is 0 Å². The summed E-state index contributed by atoms with van der Waals surface area (Å²) in [6, 6.07) is 0. The molecule has 0 bridgehead atoms. The predicted molar refractivity (Wildman–Crippen MR) is 46.2 cm³/mol. The first-order valence-electron chi connectivity index (χ1n) is 4.38. The van der Waals surface area contributed by atoms with Crippen LogP contribution in [0.5, 0.6) is 0 Å². The Morgan fingerprint density at radius 1 is 1.17 bits per heavy atom. The zero-order valence-electron chi connectivity index (χ0n) is 8.24. The number of hydrogen-bond donors (Lipinski definition) is 0. The van der Waals surface area contributed by atoms with Gasteiger partial charge in [-0.25, -0.2) is 0 Å². The third-order valence-electron chi connectivity index (χ3n) is 2.72. The highest BCUT2D eigenvalue weighted by molar-refractivity contribution is 4.83. The van der Waals surface area contributed by atoms with Crippen molar-refractivity contribution in [3.05, 3.63) is 0 Å². The minimum atomic E-state index is 0.0844. The average molecular weight is 174 g/mol. The van der Waals surface area contributed by atoms with E-state index in [4.69, 9.17) is 14.2 Å². The van der Waals surface area contributed by atoms with Gasteiger partial charge >= 0.3 is 0 Å². The van der Waals surface area contributed by atoms with Crippen LogP contribution in [0.25, 0.3) is 0 Å². The summed E-state index contributed by atoms with van der Waals surface area (Å²) in [4.78, 5) is 0. The van der Waals surface area contributed by atoms with E-state index in [-0.39, 0.29) is 18.3 Å². The average Bonchev–Trinajstić information content (AvgIpc) is 2.09. The van der Waals surface area contributed by atoms with Gasteiger partial charge in [0, 0.05) is 20.1 Å². The van der Waals surface area contributed by atoms with Gasteiger partial charge in [0.05, 0.1) is 18.8 Å². The van der Waals surface area contributed by atoms with Gasteiger partial charge in [-0.1, -0.05) is 6.92 Å². The second-order valence-electron chi connectivity index (χ2n) is 3.37. The minimum absolute atomic E-state index is 0.0844. The fraction of sp³-hybridized carbons (Fsp3) is 1.00. The highest BCUT2D eigenvalue weighted by Crippen LogP contribution is 2.24. The van der Waals surface area contributed by atoms with E-state index in [1.54, 1.807) is 14.2 Å². The Balaban J connectivity index is 2.58. The smallest absolute Gasteiger partial charge is 0.107 e. The molecule has 0 N–H and O–H groups in total. The van der Waals surface area contributed by atoms with Gasteiger partial charge in [-0.2, -0.15) is 0 Å². The Bertz CT molecular complexity index is 136. The van der Waals surface area contributed by atoms with E-state index >= 15 is 0 Å². The van der Waals surface area contributed by atoms with Crippen LogP contribution in [0, 0.1) is 5.92 Å². The molecule has 0 aromatic carbocycles. The Morgan fingerprint density at radius 2 is 1.83 bits per heavy atom. The predicted octanol–water partition coefficient (Wildman–Crippen LogP) is 1.07. The Kier molecular flexibility index (Phi) is 3.50. The van der Waals surface area contributed by atoms with Crippen molar-refractivity contribution in [2.75, 3.05) is 20.8 Å². The van der Waals surface area contributed by atoms with Gasteiger partial charge in [0.1, 0.15) is 6.10 Å². The molecule has 0 aromatic rings.